The third-order valence-corrected chi connectivity index (χ3v) is 3.19. The fourth-order valence-electron chi connectivity index (χ4n) is 1.89. The second-order valence-corrected chi connectivity index (χ2v) is 4.52. The molecule has 0 aromatic heterocycles. The summed E-state index contributed by atoms with van der Waals surface area (Å²) >= 11 is 0. The van der Waals surface area contributed by atoms with Crippen LogP contribution >= 0.6 is 0 Å². The summed E-state index contributed by atoms with van der Waals surface area (Å²) in [5.74, 6) is 1.31. The van der Waals surface area contributed by atoms with Crippen molar-refractivity contribution in [3.63, 3.8) is 0 Å². The number of carbonyl (C=O) groups excluding carboxylic acids is 1. The first-order valence-electron chi connectivity index (χ1n) is 6.19. The van der Waals surface area contributed by atoms with Crippen LogP contribution in [-0.2, 0) is 4.79 Å². The van der Waals surface area contributed by atoms with Crippen LogP contribution in [0.3, 0.4) is 0 Å². The molecule has 1 atom stereocenters. The Hall–Kier alpha value is -1.51. The molecular weight excluding hydrogens is 214 g/mol. The Morgan fingerprint density at radius 1 is 1.41 bits per heavy atom. The van der Waals surface area contributed by atoms with Gasteiger partial charge in [-0.15, -0.1) is 0 Å². The van der Waals surface area contributed by atoms with Crippen LogP contribution in [0.25, 0.3) is 0 Å². The van der Waals surface area contributed by atoms with E-state index in [1.807, 2.05) is 24.3 Å². The van der Waals surface area contributed by atoms with Gasteiger partial charge in [0.1, 0.15) is 5.75 Å². The lowest BCUT2D eigenvalue weighted by atomic mass is 10.0. The number of methoxy groups -OCH3 is 1. The minimum atomic E-state index is 0.119. The van der Waals surface area contributed by atoms with E-state index in [4.69, 9.17) is 4.74 Å². The van der Waals surface area contributed by atoms with Crippen molar-refractivity contribution in [2.75, 3.05) is 7.11 Å². The highest BCUT2D eigenvalue weighted by molar-refractivity contribution is 5.81. The Balaban J connectivity index is 2.02. The van der Waals surface area contributed by atoms with Gasteiger partial charge >= 0.3 is 0 Å². The molecule has 0 spiro atoms. The molecule has 0 radical (unpaired) electrons. The minimum Gasteiger partial charge on any atom is -0.497 e. The number of hydrogen-bond donors (Lipinski definition) is 1. The first-order chi connectivity index (χ1) is 8.24. The molecule has 1 aliphatic carbocycles. The Labute approximate surface area is 102 Å². The molecule has 1 saturated carbocycles. The summed E-state index contributed by atoms with van der Waals surface area (Å²) in [4.78, 5) is 11.7. The number of hydrogen-bond acceptors (Lipinski definition) is 2. The molecule has 1 aliphatic rings. The lowest BCUT2D eigenvalue weighted by molar-refractivity contribution is -0.123. The minimum absolute atomic E-state index is 0.119. The van der Waals surface area contributed by atoms with E-state index < -0.39 is 0 Å². The SMILES string of the molecule is CC[C@H](NC(=O)C1CC1)c1ccc(OC)cc1. The van der Waals surface area contributed by atoms with Crippen molar-refractivity contribution in [3.05, 3.63) is 29.8 Å². The van der Waals surface area contributed by atoms with Crippen molar-refractivity contribution in [2.45, 2.75) is 32.2 Å². The van der Waals surface area contributed by atoms with Crippen molar-refractivity contribution in [3.8, 4) is 5.75 Å². The van der Waals surface area contributed by atoms with Crippen molar-refractivity contribution < 1.29 is 9.53 Å². The zero-order valence-corrected chi connectivity index (χ0v) is 10.4. The van der Waals surface area contributed by atoms with Gasteiger partial charge in [0, 0.05) is 5.92 Å². The maximum Gasteiger partial charge on any atom is 0.223 e. The summed E-state index contributed by atoms with van der Waals surface area (Å²) in [6.45, 7) is 2.09. The van der Waals surface area contributed by atoms with Crippen LogP contribution in [-0.4, -0.2) is 13.0 Å². The first-order valence-corrected chi connectivity index (χ1v) is 6.19. The van der Waals surface area contributed by atoms with Crippen LogP contribution in [0.4, 0.5) is 0 Å². The van der Waals surface area contributed by atoms with E-state index in [0.717, 1.165) is 30.6 Å². The average Bonchev–Trinajstić information content (AvgIpc) is 3.20. The second-order valence-electron chi connectivity index (χ2n) is 4.52. The average molecular weight is 233 g/mol. The molecule has 1 fully saturated rings. The van der Waals surface area contributed by atoms with Crippen LogP contribution in [0, 0.1) is 5.92 Å². The fraction of sp³-hybridized carbons (Fsp3) is 0.500. The van der Waals surface area contributed by atoms with Gasteiger partial charge < -0.3 is 10.1 Å². The van der Waals surface area contributed by atoms with E-state index in [-0.39, 0.29) is 17.9 Å². The smallest absolute Gasteiger partial charge is 0.223 e. The van der Waals surface area contributed by atoms with Gasteiger partial charge in [0.15, 0.2) is 0 Å². The number of ether oxygens (including phenoxy) is 1. The van der Waals surface area contributed by atoms with E-state index >= 15 is 0 Å². The van der Waals surface area contributed by atoms with Gasteiger partial charge in [-0.25, -0.2) is 0 Å². The number of carbonyl (C=O) groups is 1. The standard InChI is InChI=1S/C14H19NO2/c1-3-13(15-14(16)11-4-5-11)10-6-8-12(17-2)9-7-10/h6-9,11,13H,3-5H2,1-2H3,(H,15,16)/t13-/m0/s1. The predicted octanol–water partition coefficient (Wildman–Crippen LogP) is 2.67. The maximum atomic E-state index is 11.7. The zero-order chi connectivity index (χ0) is 12.3. The van der Waals surface area contributed by atoms with Gasteiger partial charge in [0.25, 0.3) is 0 Å². The monoisotopic (exact) mass is 233 g/mol. The molecule has 0 unspecified atom stereocenters. The van der Waals surface area contributed by atoms with Crippen LogP contribution in [0.2, 0.25) is 0 Å². The molecule has 1 aromatic carbocycles. The lowest BCUT2D eigenvalue weighted by Crippen LogP contribution is -2.29. The predicted molar refractivity (Wildman–Crippen MR) is 66.9 cm³/mol. The highest BCUT2D eigenvalue weighted by Crippen LogP contribution is 2.30. The molecule has 3 nitrogen and oxygen atoms in total. The van der Waals surface area contributed by atoms with Gasteiger partial charge in [-0.05, 0) is 37.0 Å². The van der Waals surface area contributed by atoms with Gasteiger partial charge in [-0.1, -0.05) is 19.1 Å². The summed E-state index contributed by atoms with van der Waals surface area (Å²) < 4.78 is 5.12. The van der Waals surface area contributed by atoms with Crippen molar-refractivity contribution >= 4 is 5.91 Å². The molecule has 0 heterocycles. The Morgan fingerprint density at radius 3 is 2.53 bits per heavy atom. The molecule has 1 aromatic rings. The summed E-state index contributed by atoms with van der Waals surface area (Å²) in [5, 5.41) is 3.10. The van der Waals surface area contributed by atoms with E-state index in [1.54, 1.807) is 7.11 Å². The summed E-state index contributed by atoms with van der Waals surface area (Å²) in [5.41, 5.74) is 1.14. The normalized spacial score (nSPS) is 16.4. The van der Waals surface area contributed by atoms with Crippen molar-refractivity contribution in [1.82, 2.24) is 5.32 Å². The molecule has 2 rings (SSSR count). The van der Waals surface area contributed by atoms with E-state index in [9.17, 15) is 4.79 Å². The second kappa shape index (κ2) is 5.21. The molecule has 1 amide bonds. The van der Waals surface area contributed by atoms with E-state index in [2.05, 4.69) is 12.2 Å². The van der Waals surface area contributed by atoms with Crippen LogP contribution in [0.15, 0.2) is 24.3 Å². The highest BCUT2D eigenvalue weighted by atomic mass is 16.5. The highest BCUT2D eigenvalue weighted by Gasteiger charge is 2.30. The van der Waals surface area contributed by atoms with Crippen molar-refractivity contribution in [1.29, 1.82) is 0 Å². The first kappa shape index (κ1) is 12.0. The Bertz CT molecular complexity index is 382. The number of rotatable bonds is 5. The van der Waals surface area contributed by atoms with Crippen molar-refractivity contribution in [2.24, 2.45) is 5.92 Å². The number of nitrogens with one attached hydrogen (secondary N) is 1. The van der Waals surface area contributed by atoms with Crippen LogP contribution in [0.1, 0.15) is 37.8 Å². The summed E-state index contributed by atoms with van der Waals surface area (Å²) in [6.07, 6.45) is 3.00. The molecule has 0 bridgehead atoms. The molecule has 1 N–H and O–H groups in total. The van der Waals surface area contributed by atoms with E-state index in [1.165, 1.54) is 0 Å². The zero-order valence-electron chi connectivity index (χ0n) is 10.4. The maximum absolute atomic E-state index is 11.7. The van der Waals surface area contributed by atoms with E-state index in [0.29, 0.717) is 0 Å². The molecule has 0 saturated heterocycles. The van der Waals surface area contributed by atoms with Gasteiger partial charge in [0.05, 0.1) is 13.2 Å². The Morgan fingerprint density at radius 2 is 2.06 bits per heavy atom. The van der Waals surface area contributed by atoms with Gasteiger partial charge in [0.2, 0.25) is 5.91 Å². The van der Waals surface area contributed by atoms with Crippen LogP contribution < -0.4 is 10.1 Å². The van der Waals surface area contributed by atoms with Gasteiger partial charge in [-0.3, -0.25) is 4.79 Å². The summed E-state index contributed by atoms with van der Waals surface area (Å²) in [7, 11) is 1.65. The quantitative estimate of drug-likeness (QED) is 0.849. The molecule has 3 heteroatoms. The van der Waals surface area contributed by atoms with Crippen LogP contribution in [0.5, 0.6) is 5.75 Å². The van der Waals surface area contributed by atoms with Gasteiger partial charge in [-0.2, -0.15) is 0 Å². The fourth-order valence-corrected chi connectivity index (χ4v) is 1.89. The third kappa shape index (κ3) is 2.99. The molecule has 17 heavy (non-hydrogen) atoms. The Kier molecular flexibility index (Phi) is 3.67. The lowest BCUT2D eigenvalue weighted by Gasteiger charge is -2.17. The number of benzene rings is 1. The topological polar surface area (TPSA) is 38.3 Å². The molecule has 0 aliphatic heterocycles. The molecular formula is C14H19NO2. The third-order valence-electron chi connectivity index (χ3n) is 3.19. The largest absolute Gasteiger partial charge is 0.497 e. The number of amides is 1. The summed E-state index contributed by atoms with van der Waals surface area (Å²) in [6, 6.07) is 8.01. The molecule has 92 valence electrons.